The molecule has 0 spiro atoms. The number of nitrogens with one attached hydrogen (secondary N) is 2. The van der Waals surface area contributed by atoms with Crippen LogP contribution in [0.5, 0.6) is 0 Å². The van der Waals surface area contributed by atoms with E-state index in [1.165, 1.54) is 11.1 Å². The van der Waals surface area contributed by atoms with Gasteiger partial charge in [0.1, 0.15) is 0 Å². The zero-order valence-electron chi connectivity index (χ0n) is 12.2. The number of benzene rings is 1. The van der Waals surface area contributed by atoms with Gasteiger partial charge in [-0.15, -0.1) is 0 Å². The predicted molar refractivity (Wildman–Crippen MR) is 77.1 cm³/mol. The van der Waals surface area contributed by atoms with Crippen molar-refractivity contribution in [1.82, 2.24) is 10.6 Å². The van der Waals surface area contributed by atoms with Crippen LogP contribution in [0.3, 0.4) is 0 Å². The molecule has 0 heterocycles. The Kier molecular flexibility index (Phi) is 6.53. The van der Waals surface area contributed by atoms with Crippen molar-refractivity contribution in [3.05, 3.63) is 35.4 Å². The monoisotopic (exact) mass is 264 g/mol. The lowest BCUT2D eigenvalue weighted by Gasteiger charge is -2.20. The quantitative estimate of drug-likeness (QED) is 0.738. The second kappa shape index (κ2) is 7.92. The minimum atomic E-state index is -0.229. The number of rotatable bonds is 7. The predicted octanol–water partition coefficient (Wildman–Crippen LogP) is 1.80. The zero-order valence-corrected chi connectivity index (χ0v) is 12.2. The highest BCUT2D eigenvalue weighted by Crippen LogP contribution is 2.14. The Balaban J connectivity index is 2.47. The van der Waals surface area contributed by atoms with Crippen molar-refractivity contribution in [2.24, 2.45) is 0 Å². The van der Waals surface area contributed by atoms with E-state index in [-0.39, 0.29) is 18.0 Å². The fourth-order valence-corrected chi connectivity index (χ4v) is 1.92. The first-order valence-electron chi connectivity index (χ1n) is 6.64. The van der Waals surface area contributed by atoms with Gasteiger partial charge in [0.25, 0.3) is 0 Å². The molecule has 4 nitrogen and oxygen atoms in total. The van der Waals surface area contributed by atoms with Crippen molar-refractivity contribution >= 4 is 5.91 Å². The average molecular weight is 264 g/mol. The number of hydrogen-bond acceptors (Lipinski definition) is 3. The van der Waals surface area contributed by atoms with E-state index in [0.717, 1.165) is 0 Å². The molecule has 1 rings (SSSR count). The molecule has 0 aliphatic heterocycles. The summed E-state index contributed by atoms with van der Waals surface area (Å²) in [6.45, 7) is 7.07. The summed E-state index contributed by atoms with van der Waals surface area (Å²) in [6.07, 6.45) is 0. The van der Waals surface area contributed by atoms with E-state index in [4.69, 9.17) is 4.74 Å². The molecule has 0 fully saturated rings. The van der Waals surface area contributed by atoms with Crippen LogP contribution in [0.4, 0.5) is 0 Å². The Labute approximate surface area is 115 Å². The van der Waals surface area contributed by atoms with Crippen molar-refractivity contribution in [1.29, 1.82) is 0 Å². The van der Waals surface area contributed by atoms with Gasteiger partial charge < -0.3 is 10.1 Å². The molecule has 2 atom stereocenters. The molecule has 0 aliphatic rings. The number of methoxy groups -OCH3 is 1. The molecule has 4 heteroatoms. The third-order valence-electron chi connectivity index (χ3n) is 3.04. The highest BCUT2D eigenvalue weighted by molar-refractivity contribution is 5.81. The summed E-state index contributed by atoms with van der Waals surface area (Å²) in [5.74, 6) is -0.00319. The molecular weight excluding hydrogens is 240 g/mol. The number of amides is 1. The van der Waals surface area contributed by atoms with Crippen molar-refractivity contribution in [2.75, 3.05) is 20.3 Å². The first kappa shape index (κ1) is 15.7. The Hall–Kier alpha value is -1.39. The van der Waals surface area contributed by atoms with E-state index in [9.17, 15) is 4.79 Å². The van der Waals surface area contributed by atoms with Gasteiger partial charge in [0.2, 0.25) is 5.91 Å². The number of carbonyl (C=O) groups is 1. The second-order valence-electron chi connectivity index (χ2n) is 4.81. The minimum Gasteiger partial charge on any atom is -0.383 e. The molecule has 2 N–H and O–H groups in total. The maximum atomic E-state index is 11.8. The Morgan fingerprint density at radius 1 is 1.37 bits per heavy atom. The lowest BCUT2D eigenvalue weighted by atomic mass is 10.1. The highest BCUT2D eigenvalue weighted by atomic mass is 16.5. The number of hydrogen-bond donors (Lipinski definition) is 2. The van der Waals surface area contributed by atoms with Crippen molar-refractivity contribution in [3.8, 4) is 0 Å². The zero-order chi connectivity index (χ0) is 14.3. The topological polar surface area (TPSA) is 50.4 Å². The van der Waals surface area contributed by atoms with Gasteiger partial charge in [-0.05, 0) is 26.3 Å². The first-order valence-corrected chi connectivity index (χ1v) is 6.64. The van der Waals surface area contributed by atoms with Gasteiger partial charge in [0, 0.05) is 19.7 Å². The molecule has 2 unspecified atom stereocenters. The maximum absolute atomic E-state index is 11.8. The molecule has 0 aromatic heterocycles. The lowest BCUT2D eigenvalue weighted by molar-refractivity contribution is -0.123. The van der Waals surface area contributed by atoms with Gasteiger partial charge in [-0.3, -0.25) is 10.1 Å². The largest absolute Gasteiger partial charge is 0.383 e. The third-order valence-corrected chi connectivity index (χ3v) is 3.04. The SMILES string of the molecule is COCCNC(=O)C(C)NC(C)c1cccc(C)c1. The lowest BCUT2D eigenvalue weighted by Crippen LogP contribution is -2.44. The molecule has 19 heavy (non-hydrogen) atoms. The molecule has 1 aromatic carbocycles. The van der Waals surface area contributed by atoms with Crippen molar-refractivity contribution in [2.45, 2.75) is 32.9 Å². The summed E-state index contributed by atoms with van der Waals surface area (Å²) in [5.41, 5.74) is 2.42. The standard InChI is InChI=1S/C15H24N2O2/c1-11-6-5-7-14(10-11)12(2)17-13(3)15(18)16-8-9-19-4/h5-7,10,12-13,17H,8-9H2,1-4H3,(H,16,18). The molecule has 0 radical (unpaired) electrons. The van der Waals surface area contributed by atoms with Crippen LogP contribution in [0.1, 0.15) is 31.0 Å². The number of ether oxygens (including phenoxy) is 1. The fraction of sp³-hybridized carbons (Fsp3) is 0.533. The molecular formula is C15H24N2O2. The van der Waals surface area contributed by atoms with Crippen LogP contribution >= 0.6 is 0 Å². The van der Waals surface area contributed by atoms with Crippen LogP contribution in [-0.4, -0.2) is 32.2 Å². The Bertz CT molecular complexity index is 407. The summed E-state index contributed by atoms with van der Waals surface area (Å²) in [4.78, 5) is 11.8. The summed E-state index contributed by atoms with van der Waals surface area (Å²) in [5, 5.41) is 6.12. The first-order chi connectivity index (χ1) is 9.04. The van der Waals surface area contributed by atoms with Crippen molar-refractivity contribution < 1.29 is 9.53 Å². The van der Waals surface area contributed by atoms with Gasteiger partial charge >= 0.3 is 0 Å². The summed E-state index contributed by atoms with van der Waals surface area (Å²) in [7, 11) is 1.62. The van der Waals surface area contributed by atoms with Crippen molar-refractivity contribution in [3.63, 3.8) is 0 Å². The van der Waals surface area contributed by atoms with Gasteiger partial charge in [0.15, 0.2) is 0 Å². The van der Waals surface area contributed by atoms with Crippen LogP contribution < -0.4 is 10.6 Å². The number of carbonyl (C=O) groups excluding carboxylic acids is 1. The van der Waals surface area contributed by atoms with Crippen LogP contribution in [0.15, 0.2) is 24.3 Å². The van der Waals surface area contributed by atoms with Crippen LogP contribution in [0.2, 0.25) is 0 Å². The Morgan fingerprint density at radius 3 is 2.74 bits per heavy atom. The third kappa shape index (κ3) is 5.41. The van der Waals surface area contributed by atoms with E-state index >= 15 is 0 Å². The van der Waals surface area contributed by atoms with E-state index < -0.39 is 0 Å². The van der Waals surface area contributed by atoms with Crippen LogP contribution in [0.25, 0.3) is 0 Å². The van der Waals surface area contributed by atoms with E-state index in [2.05, 4.69) is 42.7 Å². The fourth-order valence-electron chi connectivity index (χ4n) is 1.92. The smallest absolute Gasteiger partial charge is 0.236 e. The summed E-state index contributed by atoms with van der Waals surface area (Å²) >= 11 is 0. The second-order valence-corrected chi connectivity index (χ2v) is 4.81. The normalized spacial score (nSPS) is 13.9. The van der Waals surface area contributed by atoms with Crippen LogP contribution in [-0.2, 0) is 9.53 Å². The van der Waals surface area contributed by atoms with Gasteiger partial charge in [-0.1, -0.05) is 29.8 Å². The van der Waals surface area contributed by atoms with E-state index in [1.54, 1.807) is 7.11 Å². The van der Waals surface area contributed by atoms with Gasteiger partial charge in [-0.25, -0.2) is 0 Å². The molecule has 0 bridgehead atoms. The summed E-state index contributed by atoms with van der Waals surface area (Å²) in [6, 6.07) is 8.21. The van der Waals surface area contributed by atoms with E-state index in [0.29, 0.717) is 13.2 Å². The summed E-state index contributed by atoms with van der Waals surface area (Å²) < 4.78 is 4.90. The minimum absolute atomic E-state index is 0.00319. The maximum Gasteiger partial charge on any atom is 0.236 e. The highest BCUT2D eigenvalue weighted by Gasteiger charge is 2.15. The molecule has 1 aromatic rings. The van der Waals surface area contributed by atoms with Crippen LogP contribution in [0, 0.1) is 6.92 Å². The van der Waals surface area contributed by atoms with E-state index in [1.807, 2.05) is 13.0 Å². The van der Waals surface area contributed by atoms with Gasteiger partial charge in [-0.2, -0.15) is 0 Å². The molecule has 1 amide bonds. The molecule has 106 valence electrons. The molecule has 0 aliphatic carbocycles. The Morgan fingerprint density at radius 2 is 2.11 bits per heavy atom. The molecule has 0 saturated carbocycles. The molecule has 0 saturated heterocycles. The number of aryl methyl sites for hydroxylation is 1. The van der Waals surface area contributed by atoms with Gasteiger partial charge in [0.05, 0.1) is 12.6 Å². The average Bonchev–Trinajstić information content (AvgIpc) is 2.38.